The number of hydrogen-bond donors (Lipinski definition) is 1. The molecule has 1 aromatic rings. The molecular weight excluding hydrogens is 182 g/mol. The minimum absolute atomic E-state index is 0.378. The highest BCUT2D eigenvalue weighted by Gasteiger charge is 2.07. The van der Waals surface area contributed by atoms with Gasteiger partial charge in [0.25, 0.3) is 0 Å². The molecule has 0 aliphatic carbocycles. The van der Waals surface area contributed by atoms with Crippen LogP contribution < -0.4 is 5.32 Å². The minimum Gasteiger partial charge on any atom is -0.385 e. The molecule has 0 bridgehead atoms. The second kappa shape index (κ2) is 6.88. The van der Waals surface area contributed by atoms with E-state index in [2.05, 4.69) is 42.7 Å². The lowest BCUT2D eigenvalue weighted by Gasteiger charge is -2.17. The van der Waals surface area contributed by atoms with Crippen LogP contribution in [0.4, 0.5) is 0 Å². The van der Waals surface area contributed by atoms with Gasteiger partial charge in [-0.1, -0.05) is 43.0 Å². The lowest BCUT2D eigenvalue weighted by molar-refractivity contribution is 0.550. The van der Waals surface area contributed by atoms with Crippen molar-refractivity contribution in [3.63, 3.8) is 0 Å². The van der Waals surface area contributed by atoms with Gasteiger partial charge in [0.15, 0.2) is 0 Å². The van der Waals surface area contributed by atoms with Crippen molar-refractivity contribution in [2.75, 3.05) is 0 Å². The van der Waals surface area contributed by atoms with E-state index < -0.39 is 0 Å². The molecule has 0 spiro atoms. The quantitative estimate of drug-likeness (QED) is 0.522. The van der Waals surface area contributed by atoms with Crippen LogP contribution in [0.3, 0.4) is 0 Å². The Morgan fingerprint density at radius 3 is 2.53 bits per heavy atom. The first kappa shape index (κ1) is 11.6. The molecule has 1 heteroatoms. The number of unbranched alkanes of at least 4 members (excludes halogenated alkanes) is 1. The smallest absolute Gasteiger partial charge is 0.0508 e. The molecule has 15 heavy (non-hydrogen) atoms. The second-order valence-corrected chi connectivity index (χ2v) is 3.55. The van der Waals surface area contributed by atoms with Crippen LogP contribution in [0.1, 0.15) is 30.9 Å². The van der Waals surface area contributed by atoms with Crippen LogP contribution in [0.25, 0.3) is 0 Å². The van der Waals surface area contributed by atoms with E-state index in [1.54, 1.807) is 6.20 Å². The molecule has 0 amide bonds. The van der Waals surface area contributed by atoms with Crippen LogP contribution in [-0.4, -0.2) is 0 Å². The fourth-order valence-electron chi connectivity index (χ4n) is 1.64. The number of benzene rings is 1. The van der Waals surface area contributed by atoms with Crippen LogP contribution in [-0.2, 0) is 0 Å². The van der Waals surface area contributed by atoms with Gasteiger partial charge in [-0.05, 0) is 31.0 Å². The second-order valence-electron chi connectivity index (χ2n) is 3.55. The van der Waals surface area contributed by atoms with Gasteiger partial charge in [0.05, 0.1) is 6.04 Å². The Balaban J connectivity index is 2.57. The minimum atomic E-state index is 0.378. The summed E-state index contributed by atoms with van der Waals surface area (Å²) in [5.41, 5.74) is 1.32. The predicted molar refractivity (Wildman–Crippen MR) is 66.6 cm³/mol. The molecule has 0 radical (unpaired) electrons. The van der Waals surface area contributed by atoms with Crippen molar-refractivity contribution in [3.8, 4) is 0 Å². The molecule has 1 N–H and O–H groups in total. The lowest BCUT2D eigenvalue weighted by atomic mass is 10.0. The molecule has 0 aliphatic rings. The molecule has 1 rings (SSSR count). The Kier molecular flexibility index (Phi) is 5.31. The number of nitrogens with one attached hydrogen (secondary N) is 1. The van der Waals surface area contributed by atoms with Crippen molar-refractivity contribution in [3.05, 3.63) is 61.3 Å². The highest BCUT2D eigenvalue weighted by molar-refractivity contribution is 5.19. The SMILES string of the molecule is C=CCCCC(NC=C)c1ccccc1. The molecule has 0 aromatic heterocycles. The van der Waals surface area contributed by atoms with Crippen LogP contribution in [0.5, 0.6) is 0 Å². The summed E-state index contributed by atoms with van der Waals surface area (Å²) in [5, 5.41) is 3.29. The van der Waals surface area contributed by atoms with E-state index in [0.717, 1.165) is 19.3 Å². The Labute approximate surface area is 92.5 Å². The lowest BCUT2D eigenvalue weighted by Crippen LogP contribution is -2.14. The molecule has 0 aliphatic heterocycles. The fourth-order valence-corrected chi connectivity index (χ4v) is 1.64. The maximum Gasteiger partial charge on any atom is 0.0508 e. The molecule has 0 saturated carbocycles. The van der Waals surface area contributed by atoms with Gasteiger partial charge in [0.2, 0.25) is 0 Å². The first-order valence-corrected chi connectivity index (χ1v) is 5.41. The summed E-state index contributed by atoms with van der Waals surface area (Å²) in [6, 6.07) is 10.9. The summed E-state index contributed by atoms with van der Waals surface area (Å²) in [7, 11) is 0. The summed E-state index contributed by atoms with van der Waals surface area (Å²) in [4.78, 5) is 0. The summed E-state index contributed by atoms with van der Waals surface area (Å²) in [5.74, 6) is 0. The van der Waals surface area contributed by atoms with Crippen molar-refractivity contribution < 1.29 is 0 Å². The molecular formula is C14H19N. The van der Waals surface area contributed by atoms with Crippen molar-refractivity contribution in [1.82, 2.24) is 5.32 Å². The number of allylic oxidation sites excluding steroid dienone is 1. The maximum absolute atomic E-state index is 3.74. The zero-order chi connectivity index (χ0) is 10.9. The van der Waals surface area contributed by atoms with Gasteiger partial charge in [0.1, 0.15) is 0 Å². The van der Waals surface area contributed by atoms with Gasteiger partial charge in [0, 0.05) is 0 Å². The zero-order valence-corrected chi connectivity index (χ0v) is 9.15. The third-order valence-electron chi connectivity index (χ3n) is 2.42. The molecule has 0 saturated heterocycles. The maximum atomic E-state index is 3.74. The van der Waals surface area contributed by atoms with E-state index in [-0.39, 0.29) is 0 Å². The van der Waals surface area contributed by atoms with E-state index in [0.29, 0.717) is 6.04 Å². The molecule has 0 fully saturated rings. The summed E-state index contributed by atoms with van der Waals surface area (Å²) in [6.45, 7) is 7.46. The molecule has 0 heterocycles. The van der Waals surface area contributed by atoms with E-state index >= 15 is 0 Å². The van der Waals surface area contributed by atoms with Crippen LogP contribution in [0.2, 0.25) is 0 Å². The highest BCUT2D eigenvalue weighted by atomic mass is 14.9. The van der Waals surface area contributed by atoms with Crippen molar-refractivity contribution in [2.45, 2.75) is 25.3 Å². The highest BCUT2D eigenvalue weighted by Crippen LogP contribution is 2.19. The summed E-state index contributed by atoms with van der Waals surface area (Å²) in [6.07, 6.45) is 7.08. The van der Waals surface area contributed by atoms with E-state index in [1.165, 1.54) is 5.56 Å². The fraction of sp³-hybridized carbons (Fsp3) is 0.286. The molecule has 1 nitrogen and oxygen atoms in total. The molecule has 80 valence electrons. The van der Waals surface area contributed by atoms with Gasteiger partial charge in [-0.3, -0.25) is 0 Å². The Morgan fingerprint density at radius 2 is 1.93 bits per heavy atom. The van der Waals surface area contributed by atoms with Gasteiger partial charge in [-0.15, -0.1) is 6.58 Å². The molecule has 1 atom stereocenters. The van der Waals surface area contributed by atoms with Crippen molar-refractivity contribution in [2.24, 2.45) is 0 Å². The van der Waals surface area contributed by atoms with Crippen LogP contribution in [0, 0.1) is 0 Å². The Hall–Kier alpha value is -1.50. The van der Waals surface area contributed by atoms with Gasteiger partial charge in [-0.25, -0.2) is 0 Å². The first-order chi connectivity index (χ1) is 7.38. The van der Waals surface area contributed by atoms with Gasteiger partial charge < -0.3 is 5.32 Å². The summed E-state index contributed by atoms with van der Waals surface area (Å²) < 4.78 is 0. The first-order valence-electron chi connectivity index (χ1n) is 5.41. The topological polar surface area (TPSA) is 12.0 Å². The predicted octanol–water partition coefficient (Wildman–Crippen LogP) is 3.82. The number of rotatable bonds is 7. The third-order valence-corrected chi connectivity index (χ3v) is 2.42. The molecule has 1 aromatic carbocycles. The standard InChI is InChI=1S/C14H19N/c1-3-5-7-12-14(15-4-2)13-10-8-6-9-11-13/h3-4,6,8-11,14-15H,1-2,5,7,12H2. The van der Waals surface area contributed by atoms with Crippen LogP contribution >= 0.6 is 0 Å². The van der Waals surface area contributed by atoms with Crippen molar-refractivity contribution in [1.29, 1.82) is 0 Å². The summed E-state index contributed by atoms with van der Waals surface area (Å²) >= 11 is 0. The van der Waals surface area contributed by atoms with E-state index in [9.17, 15) is 0 Å². The monoisotopic (exact) mass is 201 g/mol. The van der Waals surface area contributed by atoms with Crippen molar-refractivity contribution >= 4 is 0 Å². The average molecular weight is 201 g/mol. The van der Waals surface area contributed by atoms with E-state index in [4.69, 9.17) is 0 Å². The largest absolute Gasteiger partial charge is 0.385 e. The Morgan fingerprint density at radius 1 is 1.20 bits per heavy atom. The van der Waals surface area contributed by atoms with Crippen LogP contribution in [0.15, 0.2) is 55.8 Å². The molecule has 1 unspecified atom stereocenters. The number of hydrogen-bond acceptors (Lipinski definition) is 1. The zero-order valence-electron chi connectivity index (χ0n) is 9.15. The van der Waals surface area contributed by atoms with Gasteiger partial charge in [-0.2, -0.15) is 0 Å². The Bertz CT molecular complexity index is 289. The average Bonchev–Trinajstić information content (AvgIpc) is 2.29. The normalized spacial score (nSPS) is 11.7. The van der Waals surface area contributed by atoms with E-state index in [1.807, 2.05) is 12.1 Å². The van der Waals surface area contributed by atoms with Gasteiger partial charge >= 0.3 is 0 Å². The third kappa shape index (κ3) is 4.03.